The Balaban J connectivity index is 1.47. The summed E-state index contributed by atoms with van der Waals surface area (Å²) in [5.41, 5.74) is 4.09. The van der Waals surface area contributed by atoms with Gasteiger partial charge in [-0.1, -0.05) is 31.2 Å². The molecule has 0 bridgehead atoms. The average molecular weight is 405 g/mol. The number of hydrogen-bond donors (Lipinski definition) is 1. The maximum absolute atomic E-state index is 9.98. The van der Waals surface area contributed by atoms with E-state index in [4.69, 9.17) is 9.47 Å². The van der Waals surface area contributed by atoms with Gasteiger partial charge in [-0.05, 0) is 49.2 Å². The number of aliphatic hydroxyl groups excluding tert-OH is 1. The van der Waals surface area contributed by atoms with E-state index in [1.54, 1.807) is 6.20 Å². The first-order valence-corrected chi connectivity index (χ1v) is 10.5. The van der Waals surface area contributed by atoms with Crippen LogP contribution in [0.15, 0.2) is 60.8 Å². The third-order valence-corrected chi connectivity index (χ3v) is 5.53. The Morgan fingerprint density at radius 1 is 1.10 bits per heavy atom. The third-order valence-electron chi connectivity index (χ3n) is 5.53. The molecule has 1 aliphatic heterocycles. The summed E-state index contributed by atoms with van der Waals surface area (Å²) in [4.78, 5) is 6.60. The summed E-state index contributed by atoms with van der Waals surface area (Å²) in [7, 11) is 0. The highest BCUT2D eigenvalue weighted by atomic mass is 16.5. The van der Waals surface area contributed by atoms with Crippen molar-refractivity contribution < 1.29 is 14.6 Å². The molecule has 0 spiro atoms. The molecule has 1 saturated heterocycles. The number of aromatic nitrogens is 1. The first-order valence-electron chi connectivity index (χ1n) is 10.5. The molecule has 156 valence electrons. The molecule has 5 heteroatoms. The monoisotopic (exact) mass is 404 g/mol. The van der Waals surface area contributed by atoms with Crippen LogP contribution >= 0.6 is 0 Å². The topological polar surface area (TPSA) is 54.8 Å². The standard InChI is InChI=1S/C25H28N2O3/c1-3-19-8-4-5-9-24(19)29-21-10-11-23(20(15-21)17-28)27-14-12-22(16-27)30-25-18(2)7-6-13-26-25/h4-11,13,15,22,28H,3,12,14,16-17H2,1-2H3/t22-/m0/s1. The Morgan fingerprint density at radius 3 is 2.77 bits per heavy atom. The smallest absolute Gasteiger partial charge is 0.216 e. The Labute approximate surface area is 177 Å². The number of hydrogen-bond acceptors (Lipinski definition) is 5. The second-order valence-corrected chi connectivity index (χ2v) is 7.61. The highest BCUT2D eigenvalue weighted by Crippen LogP contribution is 2.32. The fraction of sp³-hybridized carbons (Fsp3) is 0.320. The molecule has 0 amide bonds. The normalized spacial score (nSPS) is 16.0. The lowest BCUT2D eigenvalue weighted by molar-refractivity contribution is 0.214. The number of nitrogens with zero attached hydrogens (tertiary/aromatic N) is 2. The van der Waals surface area contributed by atoms with Crippen LogP contribution in [0.5, 0.6) is 17.4 Å². The predicted octanol–water partition coefficient (Wildman–Crippen LogP) is 4.89. The van der Waals surface area contributed by atoms with E-state index >= 15 is 0 Å². The van der Waals surface area contributed by atoms with Crippen LogP contribution in [-0.4, -0.2) is 29.3 Å². The van der Waals surface area contributed by atoms with Gasteiger partial charge in [0.05, 0.1) is 13.2 Å². The second kappa shape index (κ2) is 9.18. The molecular formula is C25H28N2O3. The van der Waals surface area contributed by atoms with Crippen LogP contribution in [0.1, 0.15) is 30.0 Å². The van der Waals surface area contributed by atoms with Crippen LogP contribution in [0.2, 0.25) is 0 Å². The molecule has 1 aromatic heterocycles. The van der Waals surface area contributed by atoms with Gasteiger partial charge >= 0.3 is 0 Å². The van der Waals surface area contributed by atoms with Crippen LogP contribution < -0.4 is 14.4 Å². The zero-order valence-corrected chi connectivity index (χ0v) is 17.5. The first kappa shape index (κ1) is 20.2. The van der Waals surface area contributed by atoms with Crippen molar-refractivity contribution in [3.63, 3.8) is 0 Å². The number of rotatable bonds is 7. The second-order valence-electron chi connectivity index (χ2n) is 7.61. The molecule has 0 saturated carbocycles. The Bertz CT molecular complexity index is 1010. The zero-order chi connectivity index (χ0) is 20.9. The van der Waals surface area contributed by atoms with Crippen molar-refractivity contribution in [2.75, 3.05) is 18.0 Å². The maximum Gasteiger partial charge on any atom is 0.216 e. The van der Waals surface area contributed by atoms with Crippen LogP contribution in [0.4, 0.5) is 5.69 Å². The van der Waals surface area contributed by atoms with Gasteiger partial charge in [0.2, 0.25) is 5.88 Å². The summed E-state index contributed by atoms with van der Waals surface area (Å²) < 4.78 is 12.2. The van der Waals surface area contributed by atoms with Crippen LogP contribution in [-0.2, 0) is 13.0 Å². The number of pyridine rings is 1. The molecule has 2 aromatic carbocycles. The fourth-order valence-corrected chi connectivity index (χ4v) is 3.88. The minimum atomic E-state index is -0.0384. The molecule has 0 aliphatic carbocycles. The Kier molecular flexibility index (Phi) is 6.19. The van der Waals surface area contributed by atoms with Gasteiger partial charge in [0, 0.05) is 36.0 Å². The molecule has 1 fully saturated rings. The highest BCUT2D eigenvalue weighted by Gasteiger charge is 2.26. The molecule has 4 rings (SSSR count). The molecule has 0 radical (unpaired) electrons. The van der Waals surface area contributed by atoms with Crippen LogP contribution in [0, 0.1) is 6.92 Å². The molecule has 3 aromatic rings. The van der Waals surface area contributed by atoms with E-state index in [-0.39, 0.29) is 12.7 Å². The molecule has 30 heavy (non-hydrogen) atoms. The zero-order valence-electron chi connectivity index (χ0n) is 17.5. The molecule has 2 heterocycles. The van der Waals surface area contributed by atoms with Crippen LogP contribution in [0.3, 0.4) is 0 Å². The van der Waals surface area contributed by atoms with Gasteiger partial charge in [0.15, 0.2) is 0 Å². The summed E-state index contributed by atoms with van der Waals surface area (Å²) in [5, 5.41) is 9.98. The molecule has 1 atom stereocenters. The summed E-state index contributed by atoms with van der Waals surface area (Å²) >= 11 is 0. The lowest BCUT2D eigenvalue weighted by atomic mass is 10.1. The first-order chi connectivity index (χ1) is 14.7. The van der Waals surface area contributed by atoms with Crippen molar-refractivity contribution in [2.45, 2.75) is 39.4 Å². The van der Waals surface area contributed by atoms with E-state index in [0.717, 1.165) is 59.8 Å². The van der Waals surface area contributed by atoms with Gasteiger partial charge in [-0.3, -0.25) is 0 Å². The van der Waals surface area contributed by atoms with Crippen molar-refractivity contribution in [1.29, 1.82) is 0 Å². The molecule has 0 unspecified atom stereocenters. The van der Waals surface area contributed by atoms with E-state index < -0.39 is 0 Å². The summed E-state index contributed by atoms with van der Waals surface area (Å²) in [6.45, 7) is 5.73. The van der Waals surface area contributed by atoms with E-state index in [1.807, 2.05) is 55.5 Å². The summed E-state index contributed by atoms with van der Waals surface area (Å²) in [6, 6.07) is 17.9. The number of aryl methyl sites for hydroxylation is 2. The number of aliphatic hydroxyl groups is 1. The van der Waals surface area contributed by atoms with Crippen molar-refractivity contribution in [1.82, 2.24) is 4.98 Å². The number of benzene rings is 2. The average Bonchev–Trinajstić information content (AvgIpc) is 3.24. The predicted molar refractivity (Wildman–Crippen MR) is 118 cm³/mol. The third kappa shape index (κ3) is 4.41. The lowest BCUT2D eigenvalue weighted by Gasteiger charge is -2.22. The highest BCUT2D eigenvalue weighted by molar-refractivity contribution is 5.57. The number of para-hydroxylation sites is 1. The SMILES string of the molecule is CCc1ccccc1Oc1ccc(N2CC[C@H](Oc3ncccc3C)C2)c(CO)c1. The van der Waals surface area contributed by atoms with Crippen molar-refractivity contribution in [2.24, 2.45) is 0 Å². The molecule has 1 aliphatic rings. The van der Waals surface area contributed by atoms with E-state index in [0.29, 0.717) is 5.88 Å². The van der Waals surface area contributed by atoms with Crippen molar-refractivity contribution >= 4 is 5.69 Å². The lowest BCUT2D eigenvalue weighted by Crippen LogP contribution is -2.25. The van der Waals surface area contributed by atoms with Gasteiger partial charge in [-0.15, -0.1) is 0 Å². The van der Waals surface area contributed by atoms with Crippen LogP contribution in [0.25, 0.3) is 0 Å². The molecular weight excluding hydrogens is 376 g/mol. The largest absolute Gasteiger partial charge is 0.472 e. The van der Waals surface area contributed by atoms with Gasteiger partial charge in [0.25, 0.3) is 0 Å². The number of ether oxygens (including phenoxy) is 2. The summed E-state index contributed by atoms with van der Waals surface area (Å²) in [6.07, 6.45) is 3.67. The minimum absolute atomic E-state index is 0.0384. The van der Waals surface area contributed by atoms with Gasteiger partial charge in [0.1, 0.15) is 17.6 Å². The van der Waals surface area contributed by atoms with Gasteiger partial charge in [-0.2, -0.15) is 0 Å². The van der Waals surface area contributed by atoms with E-state index in [2.05, 4.69) is 22.9 Å². The maximum atomic E-state index is 9.98. The fourth-order valence-electron chi connectivity index (χ4n) is 3.88. The Hall–Kier alpha value is -3.05. The van der Waals surface area contributed by atoms with E-state index in [1.165, 1.54) is 0 Å². The van der Waals surface area contributed by atoms with Crippen molar-refractivity contribution in [3.8, 4) is 17.4 Å². The number of anilines is 1. The Morgan fingerprint density at radius 2 is 1.97 bits per heavy atom. The van der Waals surface area contributed by atoms with Crippen molar-refractivity contribution in [3.05, 3.63) is 77.5 Å². The minimum Gasteiger partial charge on any atom is -0.472 e. The molecule has 1 N–H and O–H groups in total. The summed E-state index contributed by atoms with van der Waals surface area (Å²) in [5.74, 6) is 2.29. The van der Waals surface area contributed by atoms with E-state index in [9.17, 15) is 5.11 Å². The van der Waals surface area contributed by atoms with Gasteiger partial charge in [-0.25, -0.2) is 4.98 Å². The molecule has 5 nitrogen and oxygen atoms in total. The quantitative estimate of drug-likeness (QED) is 0.607. The van der Waals surface area contributed by atoms with Gasteiger partial charge < -0.3 is 19.5 Å².